The summed E-state index contributed by atoms with van der Waals surface area (Å²) in [4.78, 5) is 20.6. The first-order valence-corrected chi connectivity index (χ1v) is 11.0. The lowest BCUT2D eigenvalue weighted by Gasteiger charge is -2.12. The molecule has 0 fully saturated rings. The van der Waals surface area contributed by atoms with Gasteiger partial charge in [-0.1, -0.05) is 36.4 Å². The van der Waals surface area contributed by atoms with Crippen molar-refractivity contribution in [2.24, 2.45) is 0 Å². The molecule has 0 saturated heterocycles. The highest BCUT2D eigenvalue weighted by atomic mass is 16.5. The van der Waals surface area contributed by atoms with Crippen LogP contribution in [-0.2, 0) is 24.2 Å². The minimum Gasteiger partial charge on any atom is -0.493 e. The predicted octanol–water partition coefficient (Wildman–Crippen LogP) is 3.39. The van der Waals surface area contributed by atoms with Crippen molar-refractivity contribution in [3.05, 3.63) is 83.9 Å². The predicted molar refractivity (Wildman–Crippen MR) is 124 cm³/mol. The van der Waals surface area contributed by atoms with Gasteiger partial charge in [-0.25, -0.2) is 9.50 Å². The van der Waals surface area contributed by atoms with Gasteiger partial charge >= 0.3 is 0 Å². The molecular weight excluding hydrogens is 418 g/mol. The molecule has 8 heteroatoms. The molecule has 0 atom stereocenters. The lowest BCUT2D eigenvalue weighted by Crippen LogP contribution is -2.25. The average molecular weight is 446 g/mol. The second-order valence-corrected chi connectivity index (χ2v) is 7.68. The van der Waals surface area contributed by atoms with Gasteiger partial charge in [0.25, 0.3) is 5.78 Å². The van der Waals surface area contributed by atoms with Crippen molar-refractivity contribution in [2.45, 2.75) is 32.3 Å². The summed E-state index contributed by atoms with van der Waals surface area (Å²) in [5, 5.41) is 7.08. The summed E-state index contributed by atoms with van der Waals surface area (Å²) in [5.74, 6) is 1.97. The maximum absolute atomic E-state index is 12.3. The highest BCUT2D eigenvalue weighted by Crippen LogP contribution is 2.29. The Morgan fingerprint density at radius 2 is 1.88 bits per heavy atom. The van der Waals surface area contributed by atoms with E-state index in [1.54, 1.807) is 17.8 Å². The first-order valence-electron chi connectivity index (χ1n) is 11.0. The molecule has 4 aromatic rings. The Morgan fingerprint density at radius 3 is 2.73 bits per heavy atom. The van der Waals surface area contributed by atoms with Crippen molar-refractivity contribution >= 4 is 11.7 Å². The van der Waals surface area contributed by atoms with E-state index >= 15 is 0 Å². The minimum atomic E-state index is 0.0300. The third kappa shape index (κ3) is 6.29. The number of hydrogen-bond acceptors (Lipinski definition) is 6. The molecule has 0 aliphatic heterocycles. The second-order valence-electron chi connectivity index (χ2n) is 7.68. The van der Waals surface area contributed by atoms with E-state index in [9.17, 15) is 4.79 Å². The average Bonchev–Trinajstić information content (AvgIpc) is 3.33. The van der Waals surface area contributed by atoms with Crippen molar-refractivity contribution in [2.75, 3.05) is 13.7 Å². The number of benzene rings is 2. The van der Waals surface area contributed by atoms with E-state index in [4.69, 9.17) is 9.47 Å². The van der Waals surface area contributed by atoms with Gasteiger partial charge in [0.05, 0.1) is 7.11 Å². The Morgan fingerprint density at radius 1 is 1.00 bits per heavy atom. The molecule has 0 aliphatic rings. The highest BCUT2D eigenvalue weighted by Gasteiger charge is 2.09. The van der Waals surface area contributed by atoms with Crippen molar-refractivity contribution in [3.63, 3.8) is 0 Å². The SMILES string of the molecule is COc1ccc(CCC(=O)NCCCc2cnc3ncnn3c2)cc1OCc1ccccc1. The number of aromatic nitrogens is 4. The number of aryl methyl sites for hydroxylation is 2. The third-order valence-corrected chi connectivity index (χ3v) is 5.26. The number of nitrogens with zero attached hydrogens (tertiary/aromatic N) is 4. The maximum atomic E-state index is 12.3. The van der Waals surface area contributed by atoms with Crippen molar-refractivity contribution in [1.29, 1.82) is 0 Å². The normalized spacial score (nSPS) is 10.8. The fraction of sp³-hybridized carbons (Fsp3) is 0.280. The number of rotatable bonds is 11. The summed E-state index contributed by atoms with van der Waals surface area (Å²) in [6.45, 7) is 1.07. The maximum Gasteiger partial charge on any atom is 0.252 e. The van der Waals surface area contributed by atoms with E-state index in [-0.39, 0.29) is 5.91 Å². The highest BCUT2D eigenvalue weighted by molar-refractivity contribution is 5.76. The zero-order chi connectivity index (χ0) is 22.9. The van der Waals surface area contributed by atoms with Crippen LogP contribution < -0.4 is 14.8 Å². The van der Waals surface area contributed by atoms with Crippen LogP contribution in [0.4, 0.5) is 0 Å². The first-order chi connectivity index (χ1) is 16.2. The van der Waals surface area contributed by atoms with Crippen LogP contribution in [0.25, 0.3) is 5.78 Å². The molecule has 2 aromatic carbocycles. The van der Waals surface area contributed by atoms with Gasteiger partial charge in [0.15, 0.2) is 11.5 Å². The molecule has 1 amide bonds. The molecule has 0 radical (unpaired) electrons. The van der Waals surface area contributed by atoms with Crippen molar-refractivity contribution in [1.82, 2.24) is 24.9 Å². The number of amides is 1. The summed E-state index contributed by atoms with van der Waals surface area (Å²) in [6.07, 6.45) is 7.87. The smallest absolute Gasteiger partial charge is 0.252 e. The van der Waals surface area contributed by atoms with E-state index in [0.29, 0.717) is 43.3 Å². The monoisotopic (exact) mass is 445 g/mol. The van der Waals surface area contributed by atoms with Crippen LogP contribution in [0.3, 0.4) is 0 Å². The molecule has 0 aliphatic carbocycles. The molecule has 0 saturated carbocycles. The van der Waals surface area contributed by atoms with Crippen LogP contribution in [0.1, 0.15) is 29.5 Å². The van der Waals surface area contributed by atoms with Gasteiger partial charge in [-0.15, -0.1) is 0 Å². The first kappa shape index (κ1) is 22.3. The molecule has 8 nitrogen and oxygen atoms in total. The largest absolute Gasteiger partial charge is 0.493 e. The van der Waals surface area contributed by atoms with Gasteiger partial charge in [-0.3, -0.25) is 4.79 Å². The molecule has 4 rings (SSSR count). The van der Waals surface area contributed by atoms with Crippen molar-refractivity contribution < 1.29 is 14.3 Å². The molecular formula is C25H27N5O3. The van der Waals surface area contributed by atoms with Gasteiger partial charge in [0, 0.05) is 25.4 Å². The van der Waals surface area contributed by atoms with Crippen molar-refractivity contribution in [3.8, 4) is 11.5 Å². The molecule has 2 aromatic heterocycles. The Kier molecular flexibility index (Phi) is 7.48. The molecule has 170 valence electrons. The summed E-state index contributed by atoms with van der Waals surface area (Å²) < 4.78 is 13.0. The van der Waals surface area contributed by atoms with E-state index in [0.717, 1.165) is 29.5 Å². The van der Waals surface area contributed by atoms with Crippen LogP contribution in [0.2, 0.25) is 0 Å². The van der Waals surface area contributed by atoms with Gasteiger partial charge < -0.3 is 14.8 Å². The summed E-state index contributed by atoms with van der Waals surface area (Å²) in [6, 6.07) is 15.8. The summed E-state index contributed by atoms with van der Waals surface area (Å²) in [5.41, 5.74) is 3.17. The molecule has 1 N–H and O–H groups in total. The lowest BCUT2D eigenvalue weighted by molar-refractivity contribution is -0.121. The summed E-state index contributed by atoms with van der Waals surface area (Å²) in [7, 11) is 1.62. The molecule has 2 heterocycles. The van der Waals surface area contributed by atoms with Crippen LogP contribution in [0.15, 0.2) is 67.3 Å². The van der Waals surface area contributed by atoms with Gasteiger partial charge in [-0.05, 0) is 48.1 Å². The summed E-state index contributed by atoms with van der Waals surface area (Å²) >= 11 is 0. The van der Waals surface area contributed by atoms with Crippen LogP contribution in [0.5, 0.6) is 11.5 Å². The number of carbonyl (C=O) groups excluding carboxylic acids is 1. The molecule has 33 heavy (non-hydrogen) atoms. The zero-order valence-electron chi connectivity index (χ0n) is 18.6. The van der Waals surface area contributed by atoms with Gasteiger partial charge in [-0.2, -0.15) is 10.1 Å². The standard InChI is InChI=1S/C25H27N5O3/c1-32-22-11-9-19(14-23(22)33-17-20-6-3-2-4-7-20)10-12-24(31)26-13-5-8-21-15-27-25-28-18-29-30(25)16-21/h2-4,6-7,9,11,14-16,18H,5,8,10,12-13,17H2,1H3,(H,26,31). The van der Waals surface area contributed by atoms with Gasteiger partial charge in [0.1, 0.15) is 12.9 Å². The lowest BCUT2D eigenvalue weighted by atomic mass is 10.1. The second kappa shape index (κ2) is 11.1. The van der Waals surface area contributed by atoms with Gasteiger partial charge in [0.2, 0.25) is 5.91 Å². The van der Waals surface area contributed by atoms with Crippen LogP contribution >= 0.6 is 0 Å². The number of ether oxygens (including phenoxy) is 2. The Balaban J connectivity index is 1.21. The Bertz CT molecular complexity index is 1190. The topological polar surface area (TPSA) is 90.6 Å². The van der Waals surface area contributed by atoms with Crippen LogP contribution in [-0.4, -0.2) is 39.1 Å². The Labute approximate surface area is 192 Å². The fourth-order valence-corrected chi connectivity index (χ4v) is 3.48. The zero-order valence-corrected chi connectivity index (χ0v) is 18.6. The van der Waals surface area contributed by atoms with E-state index in [2.05, 4.69) is 20.4 Å². The Hall–Kier alpha value is -3.94. The number of carbonyl (C=O) groups is 1. The molecule has 0 bridgehead atoms. The van der Waals surface area contributed by atoms with E-state index < -0.39 is 0 Å². The molecule has 0 unspecified atom stereocenters. The number of nitrogens with one attached hydrogen (secondary N) is 1. The fourth-order valence-electron chi connectivity index (χ4n) is 3.48. The third-order valence-electron chi connectivity index (χ3n) is 5.26. The number of fused-ring (bicyclic) bond motifs is 1. The quantitative estimate of drug-likeness (QED) is 0.356. The van der Waals surface area contributed by atoms with E-state index in [1.807, 2.05) is 54.7 Å². The minimum absolute atomic E-state index is 0.0300. The number of hydrogen-bond donors (Lipinski definition) is 1. The van der Waals surface area contributed by atoms with E-state index in [1.165, 1.54) is 6.33 Å². The molecule has 0 spiro atoms. The van der Waals surface area contributed by atoms with Crippen LogP contribution in [0, 0.1) is 0 Å². The number of methoxy groups -OCH3 is 1.